The fourth-order valence-corrected chi connectivity index (χ4v) is 4.06. The van der Waals surface area contributed by atoms with Crippen molar-refractivity contribution in [1.82, 2.24) is 19.7 Å². The van der Waals surface area contributed by atoms with Crippen LogP contribution < -0.4 is 4.74 Å². The third-order valence-corrected chi connectivity index (χ3v) is 5.27. The smallest absolute Gasteiger partial charge is 0.261 e. The third kappa shape index (κ3) is 3.18. The average molecular weight is 358 g/mol. The number of fused-ring (bicyclic) bond motifs is 3. The van der Waals surface area contributed by atoms with Crippen molar-refractivity contribution in [1.29, 1.82) is 0 Å². The Kier molecular flexibility index (Phi) is 4.61. The van der Waals surface area contributed by atoms with Gasteiger partial charge in [-0.05, 0) is 43.5 Å². The van der Waals surface area contributed by atoms with E-state index in [1.807, 2.05) is 4.90 Å². The van der Waals surface area contributed by atoms with E-state index >= 15 is 0 Å². The monoisotopic (exact) mass is 358 g/mol. The Bertz CT molecular complexity index is 789. The highest BCUT2D eigenvalue weighted by molar-refractivity contribution is 5.79. The highest BCUT2D eigenvalue weighted by Crippen LogP contribution is 2.31. The summed E-state index contributed by atoms with van der Waals surface area (Å²) >= 11 is 0. The molecule has 2 atom stereocenters. The first-order chi connectivity index (χ1) is 12.7. The quantitative estimate of drug-likeness (QED) is 0.823. The number of benzene rings is 1. The van der Waals surface area contributed by atoms with E-state index in [1.165, 1.54) is 24.3 Å². The zero-order valence-electron chi connectivity index (χ0n) is 14.9. The molecular weight excluding hydrogens is 335 g/mol. The van der Waals surface area contributed by atoms with Crippen LogP contribution in [0.5, 0.6) is 5.75 Å². The molecule has 1 aromatic heterocycles. The molecule has 0 saturated carbocycles. The minimum absolute atomic E-state index is 0.0161. The molecular formula is C19H23FN4O2. The molecule has 4 rings (SSSR count). The first-order valence-electron chi connectivity index (χ1n) is 9.26. The number of aryl methyl sites for hydroxylation is 1. The van der Waals surface area contributed by atoms with Crippen LogP contribution in [-0.4, -0.2) is 44.3 Å². The van der Waals surface area contributed by atoms with Crippen molar-refractivity contribution in [2.75, 3.05) is 6.61 Å². The van der Waals surface area contributed by atoms with E-state index in [4.69, 9.17) is 4.74 Å². The zero-order chi connectivity index (χ0) is 18.1. The van der Waals surface area contributed by atoms with Crippen LogP contribution in [0.4, 0.5) is 4.39 Å². The molecule has 1 saturated heterocycles. The second-order valence-corrected chi connectivity index (χ2v) is 7.03. The van der Waals surface area contributed by atoms with Crippen LogP contribution in [0.2, 0.25) is 0 Å². The highest BCUT2D eigenvalue weighted by Gasteiger charge is 2.41. The summed E-state index contributed by atoms with van der Waals surface area (Å²) in [5.74, 6) is 2.17. The largest absolute Gasteiger partial charge is 0.484 e. The van der Waals surface area contributed by atoms with E-state index in [0.29, 0.717) is 5.75 Å². The number of halogens is 1. The maximum atomic E-state index is 13.0. The molecule has 7 heteroatoms. The summed E-state index contributed by atoms with van der Waals surface area (Å²) in [7, 11) is 0. The van der Waals surface area contributed by atoms with E-state index in [1.54, 1.807) is 0 Å². The van der Waals surface area contributed by atoms with E-state index in [9.17, 15) is 9.18 Å². The molecule has 6 nitrogen and oxygen atoms in total. The van der Waals surface area contributed by atoms with Crippen LogP contribution in [0, 0.1) is 5.82 Å². The van der Waals surface area contributed by atoms with Gasteiger partial charge in [-0.2, -0.15) is 0 Å². The van der Waals surface area contributed by atoms with Crippen molar-refractivity contribution in [2.24, 2.45) is 0 Å². The van der Waals surface area contributed by atoms with Gasteiger partial charge in [-0.3, -0.25) is 4.79 Å². The number of amides is 1. The van der Waals surface area contributed by atoms with Crippen LogP contribution >= 0.6 is 0 Å². The van der Waals surface area contributed by atoms with Gasteiger partial charge in [0.15, 0.2) is 6.61 Å². The first-order valence-corrected chi connectivity index (χ1v) is 9.26. The summed E-state index contributed by atoms with van der Waals surface area (Å²) in [6.45, 7) is 2.87. The predicted octanol–water partition coefficient (Wildman–Crippen LogP) is 2.36. The Morgan fingerprint density at radius 3 is 2.77 bits per heavy atom. The summed E-state index contributed by atoms with van der Waals surface area (Å²) < 4.78 is 20.7. The fourth-order valence-electron chi connectivity index (χ4n) is 4.06. The van der Waals surface area contributed by atoms with Gasteiger partial charge >= 0.3 is 0 Å². The average Bonchev–Trinajstić information content (AvgIpc) is 3.14. The Hall–Kier alpha value is -2.44. The lowest BCUT2D eigenvalue weighted by atomic mass is 10.1. The van der Waals surface area contributed by atoms with Gasteiger partial charge in [0.05, 0.1) is 6.04 Å². The summed E-state index contributed by atoms with van der Waals surface area (Å²) in [4.78, 5) is 14.8. The molecule has 1 aromatic carbocycles. The molecule has 138 valence electrons. The Balaban J connectivity index is 1.46. The van der Waals surface area contributed by atoms with Gasteiger partial charge in [-0.15, -0.1) is 10.2 Å². The van der Waals surface area contributed by atoms with Gasteiger partial charge in [0.1, 0.15) is 23.2 Å². The molecule has 0 spiro atoms. The zero-order valence-corrected chi connectivity index (χ0v) is 14.9. The minimum Gasteiger partial charge on any atom is -0.484 e. The van der Waals surface area contributed by atoms with Gasteiger partial charge in [0, 0.05) is 25.4 Å². The number of ether oxygens (including phenoxy) is 1. The summed E-state index contributed by atoms with van der Waals surface area (Å²) in [5.41, 5.74) is 0. The van der Waals surface area contributed by atoms with Crippen LogP contribution in [-0.2, 0) is 24.2 Å². The van der Waals surface area contributed by atoms with E-state index in [2.05, 4.69) is 21.7 Å². The van der Waals surface area contributed by atoms with Crippen molar-refractivity contribution in [3.8, 4) is 5.75 Å². The molecule has 0 unspecified atom stereocenters. The number of nitrogens with zero attached hydrogens (tertiary/aromatic N) is 4. The lowest BCUT2D eigenvalue weighted by Gasteiger charge is -2.28. The molecule has 2 bridgehead atoms. The number of hydrogen-bond donors (Lipinski definition) is 0. The molecule has 26 heavy (non-hydrogen) atoms. The number of carbonyl (C=O) groups excluding carboxylic acids is 1. The van der Waals surface area contributed by atoms with Crippen LogP contribution in [0.15, 0.2) is 24.3 Å². The summed E-state index contributed by atoms with van der Waals surface area (Å²) in [5, 5.41) is 8.69. The molecule has 1 fully saturated rings. The molecule has 2 aliphatic heterocycles. The lowest BCUT2D eigenvalue weighted by molar-refractivity contribution is -0.136. The van der Waals surface area contributed by atoms with Gasteiger partial charge in [0.2, 0.25) is 0 Å². The maximum Gasteiger partial charge on any atom is 0.261 e. The second-order valence-electron chi connectivity index (χ2n) is 7.03. The highest BCUT2D eigenvalue weighted by atomic mass is 19.1. The molecule has 1 amide bonds. The van der Waals surface area contributed by atoms with Crippen molar-refractivity contribution in [3.63, 3.8) is 0 Å². The van der Waals surface area contributed by atoms with Crippen molar-refractivity contribution < 1.29 is 13.9 Å². The summed E-state index contributed by atoms with van der Waals surface area (Å²) in [6, 6.07) is 6.06. The lowest BCUT2D eigenvalue weighted by Crippen LogP contribution is -2.44. The number of hydrogen-bond acceptors (Lipinski definition) is 4. The third-order valence-electron chi connectivity index (χ3n) is 5.27. The Labute approximate surface area is 152 Å². The topological polar surface area (TPSA) is 60.2 Å². The van der Waals surface area contributed by atoms with Gasteiger partial charge in [-0.1, -0.05) is 6.92 Å². The van der Waals surface area contributed by atoms with Gasteiger partial charge < -0.3 is 14.2 Å². The van der Waals surface area contributed by atoms with Crippen molar-refractivity contribution >= 4 is 5.91 Å². The molecule has 2 aliphatic rings. The van der Waals surface area contributed by atoms with E-state index in [-0.39, 0.29) is 30.4 Å². The first kappa shape index (κ1) is 17.0. The van der Waals surface area contributed by atoms with Crippen LogP contribution in [0.1, 0.15) is 37.8 Å². The molecule has 0 radical (unpaired) electrons. The number of carbonyl (C=O) groups is 1. The standard InChI is InChI=1S/C19H23FN4O2/c1-2-3-17-21-22-18-10-14-6-7-15(11-23(17)18)24(14)19(25)12-26-16-8-4-13(20)5-9-16/h4-5,8-9,14-15H,2-3,6-7,10-12H2,1H3/t14-,15+/m0/s1. The van der Waals surface area contributed by atoms with E-state index < -0.39 is 0 Å². The number of rotatable bonds is 5. The molecule has 0 aliphatic carbocycles. The van der Waals surface area contributed by atoms with Crippen molar-refractivity contribution in [2.45, 2.75) is 57.7 Å². The van der Waals surface area contributed by atoms with Crippen LogP contribution in [0.25, 0.3) is 0 Å². The second kappa shape index (κ2) is 7.05. The normalized spacial score (nSPS) is 21.4. The molecule has 0 N–H and O–H groups in total. The summed E-state index contributed by atoms with van der Waals surface area (Å²) in [6.07, 6.45) is 4.67. The predicted molar refractivity (Wildman–Crippen MR) is 93.3 cm³/mol. The number of aromatic nitrogens is 3. The Morgan fingerprint density at radius 2 is 2.00 bits per heavy atom. The maximum absolute atomic E-state index is 13.0. The molecule has 3 heterocycles. The Morgan fingerprint density at radius 1 is 1.23 bits per heavy atom. The van der Waals surface area contributed by atoms with E-state index in [0.717, 1.165) is 50.3 Å². The minimum atomic E-state index is -0.319. The van der Waals surface area contributed by atoms with Gasteiger partial charge in [0.25, 0.3) is 5.91 Å². The SMILES string of the molecule is CCCc1nnc2n1C[C@H]1CC[C@@H](C2)N1C(=O)COc1ccc(F)cc1. The molecule has 2 aromatic rings. The van der Waals surface area contributed by atoms with Crippen LogP contribution in [0.3, 0.4) is 0 Å². The van der Waals surface area contributed by atoms with Crippen molar-refractivity contribution in [3.05, 3.63) is 41.7 Å². The van der Waals surface area contributed by atoms with Gasteiger partial charge in [-0.25, -0.2) is 4.39 Å². The fraction of sp³-hybridized carbons (Fsp3) is 0.526.